The van der Waals surface area contributed by atoms with E-state index in [9.17, 15) is 14.6 Å². The minimum absolute atomic E-state index is 0.0480. The van der Waals surface area contributed by atoms with Crippen molar-refractivity contribution < 1.29 is 14.6 Å². The van der Waals surface area contributed by atoms with Crippen molar-refractivity contribution in [1.82, 2.24) is 4.90 Å². The molecule has 112 valence electrons. The fourth-order valence-electron chi connectivity index (χ4n) is 3.12. The van der Waals surface area contributed by atoms with Gasteiger partial charge in [-0.05, 0) is 37.1 Å². The van der Waals surface area contributed by atoms with Gasteiger partial charge in [0.15, 0.2) is 0 Å². The standard InChI is InChI=1S/C16H24FNO2/c1-2-7-16(12-19)8-9-18(11-15(16)20)10-13-3-5-14(17)6-4-13/h3-6,15,19-20H,2,7-12H2,1H3/t15-,16-/m1/s1. The quantitative estimate of drug-likeness (QED) is 0.869. The molecule has 0 radical (unpaired) electrons. The molecular formula is C16H24FNO2. The molecule has 1 heterocycles. The van der Waals surface area contributed by atoms with Crippen LogP contribution in [0.25, 0.3) is 0 Å². The molecule has 1 aromatic rings. The SMILES string of the molecule is CCC[C@]1(CO)CCN(Cc2ccc(F)cc2)C[C@H]1O. The fraction of sp³-hybridized carbons (Fsp3) is 0.625. The van der Waals surface area contributed by atoms with Gasteiger partial charge in [-0.1, -0.05) is 25.5 Å². The number of halogens is 1. The first-order valence-electron chi connectivity index (χ1n) is 7.35. The molecule has 0 aliphatic carbocycles. The van der Waals surface area contributed by atoms with E-state index in [1.807, 2.05) is 0 Å². The van der Waals surface area contributed by atoms with Gasteiger partial charge in [0.25, 0.3) is 0 Å². The van der Waals surface area contributed by atoms with Crippen LogP contribution < -0.4 is 0 Å². The molecule has 1 saturated heterocycles. The third-order valence-electron chi connectivity index (χ3n) is 4.45. The Morgan fingerprint density at radius 2 is 2.05 bits per heavy atom. The van der Waals surface area contributed by atoms with E-state index >= 15 is 0 Å². The van der Waals surface area contributed by atoms with Crippen LogP contribution >= 0.6 is 0 Å². The Hall–Kier alpha value is -0.970. The predicted molar refractivity (Wildman–Crippen MR) is 76.7 cm³/mol. The molecule has 0 spiro atoms. The molecule has 3 nitrogen and oxygen atoms in total. The van der Waals surface area contributed by atoms with E-state index in [1.54, 1.807) is 12.1 Å². The van der Waals surface area contributed by atoms with Gasteiger partial charge >= 0.3 is 0 Å². The number of piperidine rings is 1. The Labute approximate surface area is 120 Å². The molecule has 0 saturated carbocycles. The Balaban J connectivity index is 1.96. The second kappa shape index (κ2) is 6.66. The zero-order chi connectivity index (χ0) is 14.6. The van der Waals surface area contributed by atoms with Crippen molar-refractivity contribution in [2.45, 2.75) is 38.8 Å². The zero-order valence-electron chi connectivity index (χ0n) is 12.1. The summed E-state index contributed by atoms with van der Waals surface area (Å²) in [4.78, 5) is 2.17. The highest BCUT2D eigenvalue weighted by Gasteiger charge is 2.40. The number of aliphatic hydroxyl groups excluding tert-OH is 2. The van der Waals surface area contributed by atoms with Crippen LogP contribution in [0.1, 0.15) is 31.7 Å². The van der Waals surface area contributed by atoms with Gasteiger partial charge in [-0.2, -0.15) is 0 Å². The van der Waals surface area contributed by atoms with Crippen LogP contribution in [0.3, 0.4) is 0 Å². The molecule has 20 heavy (non-hydrogen) atoms. The van der Waals surface area contributed by atoms with E-state index in [0.29, 0.717) is 13.1 Å². The normalized spacial score (nSPS) is 27.7. The van der Waals surface area contributed by atoms with Crippen molar-refractivity contribution in [3.05, 3.63) is 35.6 Å². The summed E-state index contributed by atoms with van der Waals surface area (Å²) >= 11 is 0. The molecule has 1 fully saturated rings. The lowest BCUT2D eigenvalue weighted by Gasteiger charge is -2.44. The predicted octanol–water partition coefficient (Wildman–Crippen LogP) is 2.17. The average molecular weight is 281 g/mol. The van der Waals surface area contributed by atoms with Crippen LogP contribution in [-0.4, -0.2) is 40.9 Å². The number of rotatable bonds is 5. The van der Waals surface area contributed by atoms with Crippen molar-refractivity contribution in [1.29, 1.82) is 0 Å². The lowest BCUT2D eigenvalue weighted by atomic mass is 9.73. The first-order valence-corrected chi connectivity index (χ1v) is 7.35. The van der Waals surface area contributed by atoms with E-state index in [2.05, 4.69) is 11.8 Å². The molecular weight excluding hydrogens is 257 g/mol. The lowest BCUT2D eigenvalue weighted by molar-refractivity contribution is -0.0802. The van der Waals surface area contributed by atoms with Crippen LogP contribution in [0.4, 0.5) is 4.39 Å². The third-order valence-corrected chi connectivity index (χ3v) is 4.45. The first kappa shape index (κ1) is 15.4. The molecule has 0 bridgehead atoms. The molecule has 0 amide bonds. The number of hydrogen-bond acceptors (Lipinski definition) is 3. The number of likely N-dealkylation sites (tertiary alicyclic amines) is 1. The van der Waals surface area contributed by atoms with Crippen molar-refractivity contribution in [3.63, 3.8) is 0 Å². The molecule has 0 aromatic heterocycles. The smallest absolute Gasteiger partial charge is 0.123 e. The summed E-state index contributed by atoms with van der Waals surface area (Å²) in [7, 11) is 0. The Kier molecular flexibility index (Phi) is 5.13. The highest BCUT2D eigenvalue weighted by molar-refractivity contribution is 5.16. The van der Waals surface area contributed by atoms with Gasteiger partial charge in [0, 0.05) is 18.5 Å². The topological polar surface area (TPSA) is 43.7 Å². The summed E-state index contributed by atoms with van der Waals surface area (Å²) in [5, 5.41) is 20.0. The van der Waals surface area contributed by atoms with Crippen molar-refractivity contribution in [2.24, 2.45) is 5.41 Å². The molecule has 4 heteroatoms. The maximum absolute atomic E-state index is 12.9. The van der Waals surface area contributed by atoms with Crippen molar-refractivity contribution in [2.75, 3.05) is 19.7 Å². The second-order valence-corrected chi connectivity index (χ2v) is 5.90. The molecule has 2 rings (SSSR count). The van der Waals surface area contributed by atoms with Crippen LogP contribution in [0.5, 0.6) is 0 Å². The number of β-amino-alcohol motifs (C(OH)–C–C–N with tert-alkyl or cyclic N) is 1. The summed E-state index contributed by atoms with van der Waals surface area (Å²) in [5.74, 6) is -0.227. The molecule has 1 aromatic carbocycles. The highest BCUT2D eigenvalue weighted by atomic mass is 19.1. The molecule has 0 unspecified atom stereocenters. The maximum Gasteiger partial charge on any atom is 0.123 e. The second-order valence-electron chi connectivity index (χ2n) is 5.90. The summed E-state index contributed by atoms with van der Waals surface area (Å²) in [5.41, 5.74) is 0.708. The van der Waals surface area contributed by atoms with Gasteiger partial charge in [-0.3, -0.25) is 4.90 Å². The summed E-state index contributed by atoms with van der Waals surface area (Å²) in [6, 6.07) is 6.49. The molecule has 2 atom stereocenters. The Morgan fingerprint density at radius 1 is 1.35 bits per heavy atom. The summed E-state index contributed by atoms with van der Waals surface area (Å²) in [6.07, 6.45) is 2.13. The van der Waals surface area contributed by atoms with E-state index < -0.39 is 6.10 Å². The number of nitrogens with zero attached hydrogens (tertiary/aromatic N) is 1. The summed E-state index contributed by atoms with van der Waals surface area (Å²) < 4.78 is 12.9. The monoisotopic (exact) mass is 281 g/mol. The molecule has 1 aliphatic heterocycles. The fourth-order valence-corrected chi connectivity index (χ4v) is 3.12. The summed E-state index contributed by atoms with van der Waals surface area (Å²) in [6.45, 7) is 4.26. The number of aliphatic hydroxyl groups is 2. The van der Waals surface area contributed by atoms with Gasteiger partial charge in [0.1, 0.15) is 5.82 Å². The zero-order valence-corrected chi connectivity index (χ0v) is 12.1. The molecule has 2 N–H and O–H groups in total. The van der Waals surface area contributed by atoms with Crippen LogP contribution in [0, 0.1) is 11.2 Å². The van der Waals surface area contributed by atoms with Gasteiger partial charge in [0.2, 0.25) is 0 Å². The van der Waals surface area contributed by atoms with Crippen LogP contribution in [0.2, 0.25) is 0 Å². The van der Waals surface area contributed by atoms with E-state index in [4.69, 9.17) is 0 Å². The Morgan fingerprint density at radius 3 is 2.60 bits per heavy atom. The lowest BCUT2D eigenvalue weighted by Crippen LogP contribution is -2.52. The molecule has 1 aliphatic rings. The highest BCUT2D eigenvalue weighted by Crippen LogP contribution is 2.36. The van der Waals surface area contributed by atoms with E-state index in [-0.39, 0.29) is 17.8 Å². The third kappa shape index (κ3) is 3.37. The van der Waals surface area contributed by atoms with E-state index in [0.717, 1.165) is 31.4 Å². The van der Waals surface area contributed by atoms with Gasteiger partial charge in [-0.15, -0.1) is 0 Å². The van der Waals surface area contributed by atoms with Gasteiger partial charge in [-0.25, -0.2) is 4.39 Å². The van der Waals surface area contributed by atoms with Crippen molar-refractivity contribution >= 4 is 0 Å². The van der Waals surface area contributed by atoms with Crippen molar-refractivity contribution in [3.8, 4) is 0 Å². The Bertz CT molecular complexity index is 423. The van der Waals surface area contributed by atoms with E-state index in [1.165, 1.54) is 12.1 Å². The minimum atomic E-state index is -0.498. The number of benzene rings is 1. The maximum atomic E-state index is 12.9. The van der Waals surface area contributed by atoms with Gasteiger partial charge < -0.3 is 10.2 Å². The minimum Gasteiger partial charge on any atom is -0.396 e. The van der Waals surface area contributed by atoms with Crippen LogP contribution in [-0.2, 0) is 6.54 Å². The average Bonchev–Trinajstić information content (AvgIpc) is 2.45. The first-order chi connectivity index (χ1) is 9.59. The van der Waals surface area contributed by atoms with Gasteiger partial charge in [0.05, 0.1) is 12.7 Å². The van der Waals surface area contributed by atoms with Crippen LogP contribution in [0.15, 0.2) is 24.3 Å². The largest absolute Gasteiger partial charge is 0.396 e. The number of hydrogen-bond donors (Lipinski definition) is 2.